The lowest BCUT2D eigenvalue weighted by Gasteiger charge is -2.18. The maximum atomic E-state index is 5.69. The van der Waals surface area contributed by atoms with E-state index in [4.69, 9.17) is 25.6 Å². The largest absolute Gasteiger partial charge is 0.481 e. The Morgan fingerprint density at radius 1 is 1.37 bits per heavy atom. The Kier molecular flexibility index (Phi) is 6.42. The second-order valence-electron chi connectivity index (χ2n) is 3.66. The van der Waals surface area contributed by atoms with E-state index in [0.717, 1.165) is 5.69 Å². The lowest BCUT2D eigenvalue weighted by atomic mass is 10.4. The summed E-state index contributed by atoms with van der Waals surface area (Å²) in [7, 11) is 0. The zero-order valence-electron chi connectivity index (χ0n) is 11.6. The molecule has 0 saturated heterocycles. The summed E-state index contributed by atoms with van der Waals surface area (Å²) in [5.41, 5.74) is 0.908. The number of ether oxygens (including phenoxy) is 1. The predicted octanol–water partition coefficient (Wildman–Crippen LogP) is 3.48. The highest BCUT2D eigenvalue weighted by Crippen LogP contribution is 2.50. The van der Waals surface area contributed by atoms with Gasteiger partial charge in [-0.1, -0.05) is 0 Å². The molecule has 0 N–H and O–H groups in total. The third-order valence-electron chi connectivity index (χ3n) is 2.01. The molecule has 1 atom stereocenters. The highest BCUT2D eigenvalue weighted by atomic mass is 32.5. The minimum atomic E-state index is -2.79. The summed E-state index contributed by atoms with van der Waals surface area (Å²) >= 11 is 5.38. The van der Waals surface area contributed by atoms with Crippen LogP contribution in [0.1, 0.15) is 26.5 Å². The van der Waals surface area contributed by atoms with Crippen LogP contribution in [0.3, 0.4) is 0 Å². The van der Waals surface area contributed by atoms with Gasteiger partial charge in [0, 0.05) is 24.4 Å². The minimum Gasteiger partial charge on any atom is -0.481 e. The SMILES string of the molecule is CCOC(C)=NP(=S)(OCC)Oc1ccc(C)nc1. The van der Waals surface area contributed by atoms with E-state index in [-0.39, 0.29) is 0 Å². The van der Waals surface area contributed by atoms with Crippen molar-refractivity contribution in [2.75, 3.05) is 13.2 Å². The van der Waals surface area contributed by atoms with Crippen molar-refractivity contribution >= 4 is 24.3 Å². The Morgan fingerprint density at radius 3 is 2.63 bits per heavy atom. The van der Waals surface area contributed by atoms with Gasteiger partial charge in [-0.15, -0.1) is 0 Å². The summed E-state index contributed by atoms with van der Waals surface area (Å²) in [6.45, 7) is 5.55. The molecule has 1 aromatic rings. The first-order valence-electron chi connectivity index (χ1n) is 6.05. The first-order chi connectivity index (χ1) is 8.99. The van der Waals surface area contributed by atoms with Crippen LogP contribution in [0.2, 0.25) is 0 Å². The van der Waals surface area contributed by atoms with Crippen LogP contribution in [0.5, 0.6) is 5.75 Å². The molecule has 0 bridgehead atoms. The van der Waals surface area contributed by atoms with Crippen LogP contribution in [0.25, 0.3) is 0 Å². The molecule has 1 unspecified atom stereocenters. The molecule has 1 rings (SSSR count). The molecule has 0 spiro atoms. The van der Waals surface area contributed by atoms with Crippen molar-refractivity contribution in [2.45, 2.75) is 27.7 Å². The van der Waals surface area contributed by atoms with E-state index in [2.05, 4.69) is 9.75 Å². The van der Waals surface area contributed by atoms with Crippen molar-refractivity contribution in [1.82, 2.24) is 4.98 Å². The fraction of sp³-hybridized carbons (Fsp3) is 0.500. The van der Waals surface area contributed by atoms with E-state index in [1.54, 1.807) is 19.2 Å². The van der Waals surface area contributed by atoms with E-state index in [1.807, 2.05) is 26.8 Å². The van der Waals surface area contributed by atoms with Crippen molar-refractivity contribution in [3.8, 4) is 5.75 Å². The fourth-order valence-electron chi connectivity index (χ4n) is 1.29. The normalized spacial score (nSPS) is 14.8. The van der Waals surface area contributed by atoms with Crippen molar-refractivity contribution in [1.29, 1.82) is 0 Å². The molecule has 0 fully saturated rings. The average Bonchev–Trinajstić information content (AvgIpc) is 2.32. The second-order valence-corrected chi connectivity index (χ2v) is 6.63. The Balaban J connectivity index is 2.90. The highest BCUT2D eigenvalue weighted by Gasteiger charge is 2.20. The van der Waals surface area contributed by atoms with Gasteiger partial charge in [-0.05, 0) is 32.9 Å². The van der Waals surface area contributed by atoms with Gasteiger partial charge in [0.2, 0.25) is 0 Å². The van der Waals surface area contributed by atoms with E-state index in [1.165, 1.54) is 0 Å². The van der Waals surface area contributed by atoms with Crippen LogP contribution in [0, 0.1) is 6.92 Å². The molecular weight excluding hydrogens is 283 g/mol. The highest BCUT2D eigenvalue weighted by molar-refractivity contribution is 8.09. The molecule has 1 heterocycles. The third kappa shape index (κ3) is 5.68. The Hall–Kier alpha value is -0.970. The number of aryl methyl sites for hydroxylation is 1. The van der Waals surface area contributed by atoms with Crippen LogP contribution in [-0.2, 0) is 21.1 Å². The number of hydrogen-bond acceptors (Lipinski definition) is 5. The molecule has 0 aromatic carbocycles. The quantitative estimate of drug-likeness (QED) is 0.457. The van der Waals surface area contributed by atoms with Gasteiger partial charge in [0.05, 0.1) is 19.4 Å². The minimum absolute atomic E-state index is 0.430. The summed E-state index contributed by atoms with van der Waals surface area (Å²) < 4.78 is 20.7. The summed E-state index contributed by atoms with van der Waals surface area (Å²) in [6.07, 6.45) is 1.61. The maximum Gasteiger partial charge on any atom is 0.364 e. The van der Waals surface area contributed by atoms with Crippen LogP contribution >= 0.6 is 6.64 Å². The van der Waals surface area contributed by atoms with Crippen molar-refractivity contribution < 1.29 is 13.8 Å². The van der Waals surface area contributed by atoms with Gasteiger partial charge in [0.1, 0.15) is 5.75 Å². The first-order valence-corrected chi connectivity index (χ1v) is 8.64. The zero-order chi connectivity index (χ0) is 14.3. The molecule has 0 amide bonds. The average molecular weight is 302 g/mol. The topological polar surface area (TPSA) is 52.9 Å². The predicted molar refractivity (Wildman–Crippen MR) is 80.2 cm³/mol. The van der Waals surface area contributed by atoms with Crippen molar-refractivity contribution in [3.05, 3.63) is 24.0 Å². The lowest BCUT2D eigenvalue weighted by molar-refractivity contribution is 0.315. The van der Waals surface area contributed by atoms with Gasteiger partial charge < -0.3 is 13.8 Å². The fourth-order valence-corrected chi connectivity index (χ4v) is 3.46. The maximum absolute atomic E-state index is 5.69. The lowest BCUT2D eigenvalue weighted by Crippen LogP contribution is -2.03. The molecule has 19 heavy (non-hydrogen) atoms. The van der Waals surface area contributed by atoms with E-state index < -0.39 is 6.64 Å². The molecule has 7 heteroatoms. The van der Waals surface area contributed by atoms with Gasteiger partial charge in [-0.25, -0.2) is 0 Å². The summed E-state index contributed by atoms with van der Waals surface area (Å²) in [5.74, 6) is 1.02. The smallest absolute Gasteiger partial charge is 0.364 e. The van der Waals surface area contributed by atoms with Crippen LogP contribution < -0.4 is 4.52 Å². The van der Waals surface area contributed by atoms with Gasteiger partial charge in [0.15, 0.2) is 5.90 Å². The van der Waals surface area contributed by atoms with Crippen LogP contribution in [0.4, 0.5) is 0 Å². The molecule has 0 aliphatic carbocycles. The van der Waals surface area contributed by atoms with Crippen molar-refractivity contribution in [2.24, 2.45) is 4.76 Å². The molecule has 106 valence electrons. The van der Waals surface area contributed by atoms with Crippen molar-refractivity contribution in [3.63, 3.8) is 0 Å². The zero-order valence-corrected chi connectivity index (χ0v) is 13.3. The summed E-state index contributed by atoms with van der Waals surface area (Å²) in [4.78, 5) is 4.15. The van der Waals surface area contributed by atoms with Gasteiger partial charge >= 0.3 is 6.64 Å². The van der Waals surface area contributed by atoms with Gasteiger partial charge in [-0.2, -0.15) is 4.76 Å². The first kappa shape index (κ1) is 16.1. The molecule has 0 saturated carbocycles. The van der Waals surface area contributed by atoms with E-state index >= 15 is 0 Å². The summed E-state index contributed by atoms with van der Waals surface area (Å²) in [6, 6.07) is 3.65. The van der Waals surface area contributed by atoms with Gasteiger partial charge in [-0.3, -0.25) is 4.98 Å². The number of aromatic nitrogens is 1. The van der Waals surface area contributed by atoms with Crippen LogP contribution in [-0.4, -0.2) is 24.1 Å². The third-order valence-corrected chi connectivity index (χ3v) is 4.35. The number of pyridine rings is 1. The second kappa shape index (κ2) is 7.58. The Morgan fingerprint density at radius 2 is 2.11 bits per heavy atom. The van der Waals surface area contributed by atoms with E-state index in [0.29, 0.717) is 24.9 Å². The molecule has 1 aromatic heterocycles. The van der Waals surface area contributed by atoms with E-state index in [9.17, 15) is 0 Å². The molecule has 0 aliphatic rings. The Bertz CT molecular complexity index is 476. The molecule has 5 nitrogen and oxygen atoms in total. The summed E-state index contributed by atoms with van der Waals surface area (Å²) in [5, 5.41) is 0. The van der Waals surface area contributed by atoms with Crippen LogP contribution in [0.15, 0.2) is 23.1 Å². The number of nitrogens with zero attached hydrogens (tertiary/aromatic N) is 2. The Labute approximate surface area is 119 Å². The van der Waals surface area contributed by atoms with Gasteiger partial charge in [0.25, 0.3) is 0 Å². The number of hydrogen-bond donors (Lipinski definition) is 0. The number of rotatable bonds is 6. The molecular formula is C12H19N2O3PS. The standard InChI is InChI=1S/C12H19N2O3PS/c1-5-15-11(4)14-18(19,16-6-2)17-12-8-7-10(3)13-9-12/h7-9H,5-6H2,1-4H3. The monoisotopic (exact) mass is 302 g/mol. The molecule has 0 aliphatic heterocycles. The molecule has 0 radical (unpaired) electrons.